The van der Waals surface area contributed by atoms with Crippen molar-refractivity contribution in [3.05, 3.63) is 0 Å². The van der Waals surface area contributed by atoms with Gasteiger partial charge in [0, 0.05) is 25.7 Å². The molecule has 0 saturated heterocycles. The zero-order valence-electron chi connectivity index (χ0n) is 66.8. The highest BCUT2D eigenvalue weighted by molar-refractivity contribution is 7.47. The van der Waals surface area contributed by atoms with Crippen LogP contribution in [0.15, 0.2) is 0 Å². The Bertz CT molecular complexity index is 1950. The molecule has 0 aromatic heterocycles. The lowest BCUT2D eigenvalue weighted by molar-refractivity contribution is -0.161. The summed E-state index contributed by atoms with van der Waals surface area (Å²) in [7, 11) is -9.91. The predicted octanol–water partition coefficient (Wildman–Crippen LogP) is 25.2. The van der Waals surface area contributed by atoms with Crippen LogP contribution >= 0.6 is 15.6 Å². The molecule has 0 saturated carbocycles. The topological polar surface area (TPSA) is 237 Å². The Morgan fingerprint density at radius 2 is 0.471 bits per heavy atom. The quantitative estimate of drug-likeness (QED) is 0.0222. The molecule has 0 bridgehead atoms. The van der Waals surface area contributed by atoms with Crippen LogP contribution < -0.4 is 0 Å². The number of hydrogen-bond acceptors (Lipinski definition) is 15. The molecule has 0 rings (SSSR count). The zero-order chi connectivity index (χ0) is 74.8. The summed E-state index contributed by atoms with van der Waals surface area (Å²) in [5.74, 6) is -1.24. The first-order chi connectivity index (χ1) is 49.6. The van der Waals surface area contributed by atoms with Gasteiger partial charge in [0.1, 0.15) is 19.3 Å². The molecule has 3 unspecified atom stereocenters. The van der Waals surface area contributed by atoms with Gasteiger partial charge in [-0.15, -0.1) is 0 Å². The van der Waals surface area contributed by atoms with Crippen LogP contribution in [-0.2, 0) is 65.4 Å². The van der Waals surface area contributed by atoms with Gasteiger partial charge in [-0.3, -0.25) is 37.3 Å². The minimum absolute atomic E-state index is 0.106. The van der Waals surface area contributed by atoms with Crippen molar-refractivity contribution < 1.29 is 80.2 Å². The predicted molar refractivity (Wildman–Crippen MR) is 418 cm³/mol. The van der Waals surface area contributed by atoms with Gasteiger partial charge in [0.05, 0.1) is 26.4 Å². The van der Waals surface area contributed by atoms with Crippen molar-refractivity contribution in [3.8, 4) is 0 Å². The van der Waals surface area contributed by atoms with Gasteiger partial charge in [-0.2, -0.15) is 0 Å². The van der Waals surface area contributed by atoms with Crippen LogP contribution in [0.2, 0.25) is 0 Å². The first-order valence-corrected chi connectivity index (χ1v) is 46.2. The van der Waals surface area contributed by atoms with Crippen molar-refractivity contribution in [1.82, 2.24) is 0 Å². The molecule has 0 fully saturated rings. The van der Waals surface area contributed by atoms with E-state index in [2.05, 4.69) is 34.6 Å². The van der Waals surface area contributed by atoms with Crippen LogP contribution in [0.3, 0.4) is 0 Å². The summed E-state index contributed by atoms with van der Waals surface area (Å²) in [4.78, 5) is 72.9. The van der Waals surface area contributed by atoms with Gasteiger partial charge in [0.2, 0.25) is 0 Å². The monoisotopic (exact) mass is 1490 g/mol. The molecule has 0 radical (unpaired) electrons. The van der Waals surface area contributed by atoms with E-state index in [0.29, 0.717) is 25.7 Å². The first kappa shape index (κ1) is 100. The molecule has 0 heterocycles. The molecule has 0 aliphatic rings. The molecule has 102 heavy (non-hydrogen) atoms. The molecular weight excluding hydrogens is 1330 g/mol. The number of phosphoric ester groups is 2. The summed E-state index contributed by atoms with van der Waals surface area (Å²) < 4.78 is 68.6. The highest BCUT2D eigenvalue weighted by Crippen LogP contribution is 2.45. The summed E-state index contributed by atoms with van der Waals surface area (Å²) in [6.45, 7) is 7.36. The zero-order valence-corrected chi connectivity index (χ0v) is 68.5. The van der Waals surface area contributed by atoms with E-state index in [1.165, 1.54) is 270 Å². The minimum atomic E-state index is -4.96. The number of unbranched alkanes of at least 4 members (excludes halogenated alkanes) is 54. The van der Waals surface area contributed by atoms with E-state index in [-0.39, 0.29) is 25.7 Å². The molecule has 3 N–H and O–H groups in total. The lowest BCUT2D eigenvalue weighted by Crippen LogP contribution is -2.30. The van der Waals surface area contributed by atoms with Crippen molar-refractivity contribution in [2.45, 2.75) is 464 Å². The van der Waals surface area contributed by atoms with Crippen molar-refractivity contribution in [3.63, 3.8) is 0 Å². The van der Waals surface area contributed by atoms with E-state index < -0.39 is 97.5 Å². The van der Waals surface area contributed by atoms with Gasteiger partial charge in [0.25, 0.3) is 0 Å². The van der Waals surface area contributed by atoms with E-state index in [0.717, 1.165) is 95.8 Å². The summed E-state index contributed by atoms with van der Waals surface area (Å²) in [5.41, 5.74) is 0. The van der Waals surface area contributed by atoms with Crippen LogP contribution in [0.5, 0.6) is 0 Å². The molecule has 6 atom stereocenters. The van der Waals surface area contributed by atoms with Gasteiger partial charge in [-0.1, -0.05) is 394 Å². The van der Waals surface area contributed by atoms with Crippen molar-refractivity contribution in [2.75, 3.05) is 39.6 Å². The Hall–Kier alpha value is -1.94. The fraction of sp³-hybridized carbons (Fsp3) is 0.952. The summed E-state index contributed by atoms with van der Waals surface area (Å²) in [6.07, 6.45) is 68.3. The normalized spacial score (nSPS) is 14.1. The Balaban J connectivity index is 5.13. The number of rotatable bonds is 83. The first-order valence-electron chi connectivity index (χ1n) is 43.2. The molecule has 0 aromatic rings. The number of carbonyl (C=O) groups is 4. The second kappa shape index (κ2) is 75.9. The average Bonchev–Trinajstić information content (AvgIpc) is 0.910. The van der Waals surface area contributed by atoms with Crippen LogP contribution in [0, 0.1) is 5.92 Å². The molecule has 0 amide bonds. The van der Waals surface area contributed by atoms with Gasteiger partial charge < -0.3 is 33.8 Å². The van der Waals surface area contributed by atoms with Crippen LogP contribution in [-0.4, -0.2) is 96.7 Å². The van der Waals surface area contributed by atoms with Gasteiger partial charge in [-0.05, 0) is 31.6 Å². The Kier molecular flexibility index (Phi) is 74.4. The van der Waals surface area contributed by atoms with Crippen molar-refractivity contribution in [2.24, 2.45) is 5.92 Å². The highest BCUT2D eigenvalue weighted by atomic mass is 31.2. The molecule has 0 aliphatic carbocycles. The van der Waals surface area contributed by atoms with E-state index in [1.807, 2.05) is 0 Å². The molecule has 17 nitrogen and oxygen atoms in total. The van der Waals surface area contributed by atoms with E-state index in [1.54, 1.807) is 0 Å². The Morgan fingerprint density at radius 1 is 0.275 bits per heavy atom. The molecule has 0 aliphatic heterocycles. The molecule has 606 valence electrons. The fourth-order valence-electron chi connectivity index (χ4n) is 12.9. The number of aliphatic hydroxyl groups excluding tert-OH is 1. The summed E-state index contributed by atoms with van der Waals surface area (Å²) >= 11 is 0. The van der Waals surface area contributed by atoms with Crippen LogP contribution in [0.4, 0.5) is 0 Å². The number of ether oxygens (including phenoxy) is 4. The maximum Gasteiger partial charge on any atom is 0.472 e. The Morgan fingerprint density at radius 3 is 0.696 bits per heavy atom. The second-order valence-electron chi connectivity index (χ2n) is 30.1. The second-order valence-corrected chi connectivity index (χ2v) is 33.0. The molecule has 0 spiro atoms. The minimum Gasteiger partial charge on any atom is -0.462 e. The largest absolute Gasteiger partial charge is 0.472 e. The molecule has 0 aromatic carbocycles. The summed E-state index contributed by atoms with van der Waals surface area (Å²) in [5, 5.41) is 10.6. The van der Waals surface area contributed by atoms with Gasteiger partial charge in [0.15, 0.2) is 12.2 Å². The number of phosphoric acid groups is 2. The highest BCUT2D eigenvalue weighted by Gasteiger charge is 2.30. The summed E-state index contributed by atoms with van der Waals surface area (Å²) in [6, 6.07) is 0. The van der Waals surface area contributed by atoms with E-state index in [9.17, 15) is 43.2 Å². The third-order valence-corrected chi connectivity index (χ3v) is 21.8. The molecule has 19 heteroatoms. The maximum atomic E-state index is 13.1. The van der Waals surface area contributed by atoms with E-state index >= 15 is 0 Å². The SMILES string of the molecule is CCCCCCCCCCCCCCCCCCCCCCCCC(=O)OC[C@H](COP(=O)(O)OC[C@@H](O)COP(=O)(O)OC[C@@H](COC(=O)CCCCCCCCCCC)OC(=O)CCCCCCCCCCC)OC(=O)CCCCCCCCCCCCCCCCCCCCC(C)CC. The van der Waals surface area contributed by atoms with Gasteiger partial charge >= 0.3 is 39.5 Å². The lowest BCUT2D eigenvalue weighted by Gasteiger charge is -2.21. The fourth-order valence-corrected chi connectivity index (χ4v) is 14.5. The molecular formula is C83H162O17P2. The Labute approximate surface area is 626 Å². The van der Waals surface area contributed by atoms with Crippen LogP contribution in [0.1, 0.15) is 446 Å². The lowest BCUT2D eigenvalue weighted by atomic mass is 9.99. The standard InChI is InChI=1S/C83H162O17P2/c1-6-10-13-16-19-22-23-24-25-26-27-28-29-30-34-37-40-43-48-52-57-62-67-81(86)94-73-79(100-83(88)69-64-59-54-49-44-41-38-35-32-31-33-36-39-42-47-50-55-60-65-76(5)9-4)75-98-102(91,92)96-71-77(84)70-95-101(89,90)97-74-78(99-82(87)68-63-58-53-46-21-18-15-12-8-3)72-93-80(85)66-61-56-51-45-20-17-14-11-7-2/h76-79,84H,6-75H2,1-5H3,(H,89,90)(H,91,92)/t76?,77-,78+,79+/m0/s1. The maximum absolute atomic E-state index is 13.1. The number of hydrogen-bond donors (Lipinski definition) is 3. The van der Waals surface area contributed by atoms with E-state index in [4.69, 9.17) is 37.0 Å². The smallest absolute Gasteiger partial charge is 0.462 e. The third-order valence-electron chi connectivity index (χ3n) is 19.9. The van der Waals surface area contributed by atoms with Crippen molar-refractivity contribution >= 4 is 39.5 Å². The average molecular weight is 1490 g/mol. The van der Waals surface area contributed by atoms with Crippen LogP contribution in [0.25, 0.3) is 0 Å². The number of carbonyl (C=O) groups excluding carboxylic acids is 4. The third kappa shape index (κ3) is 74.9. The number of esters is 4. The number of aliphatic hydroxyl groups is 1. The van der Waals surface area contributed by atoms with Crippen molar-refractivity contribution in [1.29, 1.82) is 0 Å². The van der Waals surface area contributed by atoms with Gasteiger partial charge in [-0.25, -0.2) is 9.13 Å².